The first-order valence-electron chi connectivity index (χ1n) is 8.10. The molecule has 0 saturated carbocycles. The van der Waals surface area contributed by atoms with E-state index in [4.69, 9.17) is 9.47 Å². The van der Waals surface area contributed by atoms with E-state index in [0.29, 0.717) is 11.3 Å². The van der Waals surface area contributed by atoms with E-state index in [-0.39, 0.29) is 12.3 Å². The van der Waals surface area contributed by atoms with Crippen LogP contribution in [0.5, 0.6) is 5.75 Å². The van der Waals surface area contributed by atoms with Crippen LogP contribution in [-0.4, -0.2) is 28.8 Å². The predicted octanol–water partition coefficient (Wildman–Crippen LogP) is 3.85. The SMILES string of the molecule is CC(C)Oc1ccc(-c2nn(C3CCCCO3)cc2C=O)cc1. The van der Waals surface area contributed by atoms with E-state index in [0.717, 1.165) is 43.5 Å². The number of ether oxygens (including phenoxy) is 2. The Labute approximate surface area is 136 Å². The molecule has 1 unspecified atom stereocenters. The van der Waals surface area contributed by atoms with Gasteiger partial charge < -0.3 is 9.47 Å². The highest BCUT2D eigenvalue weighted by Gasteiger charge is 2.19. The monoisotopic (exact) mass is 314 g/mol. The second-order valence-electron chi connectivity index (χ2n) is 6.04. The smallest absolute Gasteiger partial charge is 0.153 e. The minimum absolute atomic E-state index is 0.0697. The Morgan fingerprint density at radius 2 is 2.09 bits per heavy atom. The van der Waals surface area contributed by atoms with Crippen molar-refractivity contribution in [3.63, 3.8) is 0 Å². The largest absolute Gasteiger partial charge is 0.491 e. The number of aromatic nitrogens is 2. The number of hydrogen-bond donors (Lipinski definition) is 0. The van der Waals surface area contributed by atoms with Crippen molar-refractivity contribution in [3.8, 4) is 17.0 Å². The molecule has 1 aliphatic rings. The lowest BCUT2D eigenvalue weighted by atomic mass is 10.1. The molecule has 5 heteroatoms. The third-order valence-electron chi connectivity index (χ3n) is 3.84. The second-order valence-corrected chi connectivity index (χ2v) is 6.04. The van der Waals surface area contributed by atoms with Crippen molar-refractivity contribution in [1.82, 2.24) is 9.78 Å². The van der Waals surface area contributed by atoms with Crippen LogP contribution in [0.25, 0.3) is 11.3 Å². The lowest BCUT2D eigenvalue weighted by molar-refractivity contribution is -0.0393. The Morgan fingerprint density at radius 1 is 1.30 bits per heavy atom. The summed E-state index contributed by atoms with van der Waals surface area (Å²) in [7, 11) is 0. The topological polar surface area (TPSA) is 53.4 Å². The zero-order chi connectivity index (χ0) is 16.2. The maximum atomic E-state index is 11.4. The van der Waals surface area contributed by atoms with E-state index < -0.39 is 0 Å². The number of carbonyl (C=O) groups excluding carboxylic acids is 1. The molecular weight excluding hydrogens is 292 g/mol. The molecule has 23 heavy (non-hydrogen) atoms. The van der Waals surface area contributed by atoms with Crippen molar-refractivity contribution < 1.29 is 14.3 Å². The minimum Gasteiger partial charge on any atom is -0.491 e. The van der Waals surface area contributed by atoms with Gasteiger partial charge in [-0.15, -0.1) is 0 Å². The fourth-order valence-corrected chi connectivity index (χ4v) is 2.76. The number of benzene rings is 1. The van der Waals surface area contributed by atoms with E-state index in [1.807, 2.05) is 38.1 Å². The van der Waals surface area contributed by atoms with Crippen molar-refractivity contribution in [1.29, 1.82) is 0 Å². The second kappa shape index (κ2) is 6.96. The van der Waals surface area contributed by atoms with Crippen LogP contribution < -0.4 is 4.74 Å². The van der Waals surface area contributed by atoms with Crippen LogP contribution >= 0.6 is 0 Å². The molecule has 1 aliphatic heterocycles. The molecule has 1 aromatic heterocycles. The molecule has 122 valence electrons. The fraction of sp³-hybridized carbons (Fsp3) is 0.444. The van der Waals surface area contributed by atoms with Crippen molar-refractivity contribution >= 4 is 6.29 Å². The molecule has 1 aromatic carbocycles. The van der Waals surface area contributed by atoms with Gasteiger partial charge in [0.25, 0.3) is 0 Å². The van der Waals surface area contributed by atoms with Gasteiger partial charge in [0.05, 0.1) is 11.7 Å². The molecule has 1 atom stereocenters. The maximum Gasteiger partial charge on any atom is 0.153 e. The highest BCUT2D eigenvalue weighted by molar-refractivity contribution is 5.85. The Hall–Kier alpha value is -2.14. The first-order valence-corrected chi connectivity index (χ1v) is 8.10. The molecule has 1 saturated heterocycles. The summed E-state index contributed by atoms with van der Waals surface area (Å²) in [6.45, 7) is 4.73. The Balaban J connectivity index is 1.86. The third kappa shape index (κ3) is 3.62. The molecule has 0 aliphatic carbocycles. The number of carbonyl (C=O) groups is 1. The lowest BCUT2D eigenvalue weighted by Gasteiger charge is -2.22. The van der Waals surface area contributed by atoms with E-state index >= 15 is 0 Å². The first kappa shape index (κ1) is 15.7. The molecule has 0 amide bonds. The summed E-state index contributed by atoms with van der Waals surface area (Å²) in [5.74, 6) is 0.812. The van der Waals surface area contributed by atoms with Gasteiger partial charge in [-0.05, 0) is 57.4 Å². The normalized spacial score (nSPS) is 18.1. The van der Waals surface area contributed by atoms with Crippen LogP contribution in [0.1, 0.15) is 49.7 Å². The summed E-state index contributed by atoms with van der Waals surface area (Å²) >= 11 is 0. The minimum atomic E-state index is -0.0697. The molecule has 0 bridgehead atoms. The van der Waals surface area contributed by atoms with Crippen LogP contribution in [0.2, 0.25) is 0 Å². The van der Waals surface area contributed by atoms with Gasteiger partial charge >= 0.3 is 0 Å². The molecular formula is C18H22N2O3. The van der Waals surface area contributed by atoms with Crippen molar-refractivity contribution in [2.24, 2.45) is 0 Å². The zero-order valence-corrected chi connectivity index (χ0v) is 13.6. The van der Waals surface area contributed by atoms with Gasteiger partial charge in [-0.3, -0.25) is 4.79 Å². The summed E-state index contributed by atoms with van der Waals surface area (Å²) in [5.41, 5.74) is 2.17. The van der Waals surface area contributed by atoms with Gasteiger partial charge in [0.2, 0.25) is 0 Å². The van der Waals surface area contributed by atoms with Crippen LogP contribution in [0.4, 0.5) is 0 Å². The van der Waals surface area contributed by atoms with E-state index in [2.05, 4.69) is 5.10 Å². The van der Waals surface area contributed by atoms with E-state index in [1.165, 1.54) is 0 Å². The van der Waals surface area contributed by atoms with Crippen molar-refractivity contribution in [2.75, 3.05) is 6.61 Å². The van der Waals surface area contributed by atoms with Crippen LogP contribution in [-0.2, 0) is 4.74 Å². The van der Waals surface area contributed by atoms with Gasteiger partial charge in [0.15, 0.2) is 6.29 Å². The number of nitrogens with zero attached hydrogens (tertiary/aromatic N) is 2. The highest BCUT2D eigenvalue weighted by Crippen LogP contribution is 2.28. The summed E-state index contributed by atoms with van der Waals surface area (Å²) in [4.78, 5) is 11.4. The summed E-state index contributed by atoms with van der Waals surface area (Å²) in [6.07, 6.45) is 5.83. The van der Waals surface area contributed by atoms with Crippen LogP contribution in [0, 0.1) is 0 Å². The first-order chi connectivity index (χ1) is 11.2. The van der Waals surface area contributed by atoms with Gasteiger partial charge in [-0.1, -0.05) is 0 Å². The number of rotatable bonds is 5. The molecule has 1 fully saturated rings. The lowest BCUT2D eigenvalue weighted by Crippen LogP contribution is -2.18. The van der Waals surface area contributed by atoms with Crippen molar-refractivity contribution in [3.05, 3.63) is 36.0 Å². The van der Waals surface area contributed by atoms with Crippen LogP contribution in [0.3, 0.4) is 0 Å². The molecule has 3 rings (SSSR count). The summed E-state index contributed by atoms with van der Waals surface area (Å²) in [5, 5.41) is 4.59. The Kier molecular flexibility index (Phi) is 4.76. The molecule has 0 N–H and O–H groups in total. The Bertz CT molecular complexity index is 655. The highest BCUT2D eigenvalue weighted by atomic mass is 16.5. The average molecular weight is 314 g/mol. The average Bonchev–Trinajstić information content (AvgIpc) is 3.00. The molecule has 2 heterocycles. The summed E-state index contributed by atoms with van der Waals surface area (Å²) in [6, 6.07) is 7.66. The fourth-order valence-electron chi connectivity index (χ4n) is 2.76. The molecule has 2 aromatic rings. The zero-order valence-electron chi connectivity index (χ0n) is 13.6. The van der Waals surface area contributed by atoms with E-state index in [9.17, 15) is 4.79 Å². The number of hydrogen-bond acceptors (Lipinski definition) is 4. The van der Waals surface area contributed by atoms with Gasteiger partial charge in [0.1, 0.15) is 17.7 Å². The standard InChI is InChI=1S/C18H22N2O3/c1-13(2)23-16-8-6-14(7-9-16)18-15(12-21)11-20(19-18)17-5-3-4-10-22-17/h6-9,11-13,17H,3-5,10H2,1-2H3. The number of aldehydes is 1. The summed E-state index contributed by atoms with van der Waals surface area (Å²) < 4.78 is 13.2. The van der Waals surface area contributed by atoms with E-state index in [1.54, 1.807) is 10.9 Å². The molecule has 0 radical (unpaired) electrons. The predicted molar refractivity (Wildman–Crippen MR) is 87.7 cm³/mol. The maximum absolute atomic E-state index is 11.4. The molecule has 0 spiro atoms. The third-order valence-corrected chi connectivity index (χ3v) is 3.84. The van der Waals surface area contributed by atoms with Crippen molar-refractivity contribution in [2.45, 2.75) is 45.4 Å². The van der Waals surface area contributed by atoms with Crippen LogP contribution in [0.15, 0.2) is 30.5 Å². The Morgan fingerprint density at radius 3 is 2.70 bits per heavy atom. The van der Waals surface area contributed by atoms with Gasteiger partial charge in [-0.25, -0.2) is 4.68 Å². The van der Waals surface area contributed by atoms with Gasteiger partial charge in [0, 0.05) is 18.4 Å². The molecule has 5 nitrogen and oxygen atoms in total. The van der Waals surface area contributed by atoms with Gasteiger partial charge in [-0.2, -0.15) is 5.10 Å². The quantitative estimate of drug-likeness (QED) is 0.787.